The van der Waals surface area contributed by atoms with E-state index in [1.807, 2.05) is 6.92 Å². The Balaban J connectivity index is 1.60. The highest BCUT2D eigenvalue weighted by Crippen LogP contribution is 2.27. The minimum atomic E-state index is -2.91. The number of alkyl halides is 2. The number of hydrogen-bond acceptors (Lipinski definition) is 6. The van der Waals surface area contributed by atoms with E-state index in [9.17, 15) is 8.78 Å². The first-order chi connectivity index (χ1) is 15.1. The van der Waals surface area contributed by atoms with Gasteiger partial charge < -0.3 is 24.6 Å². The number of guanidine groups is 1. The molecule has 1 aliphatic heterocycles. The number of nitrogens with zero attached hydrogens (tertiary/aromatic N) is 5. The van der Waals surface area contributed by atoms with Gasteiger partial charge >= 0.3 is 6.61 Å². The number of hydrogen-bond donors (Lipinski definition) is 1. The Bertz CT molecular complexity index is 845. The molecule has 1 aromatic carbocycles. The molecule has 0 amide bonds. The molecule has 1 fully saturated rings. The van der Waals surface area contributed by atoms with E-state index in [4.69, 9.17) is 9.47 Å². The van der Waals surface area contributed by atoms with Gasteiger partial charge in [-0.25, -0.2) is 9.97 Å². The molecule has 10 heteroatoms. The van der Waals surface area contributed by atoms with Crippen LogP contribution >= 0.6 is 0 Å². The van der Waals surface area contributed by atoms with Crippen LogP contribution in [0.25, 0.3) is 0 Å². The SMILES string of the molecule is CCCOc1ccc(CNC(=NC)N2CCN(c3ncccn3)CC2)c(OC(F)F)c1. The number of aliphatic imine (C=N–C) groups is 1. The van der Waals surface area contributed by atoms with Gasteiger partial charge in [0.2, 0.25) is 5.95 Å². The van der Waals surface area contributed by atoms with Crippen molar-refractivity contribution in [3.8, 4) is 11.5 Å². The van der Waals surface area contributed by atoms with E-state index < -0.39 is 6.61 Å². The Hall–Kier alpha value is -3.17. The van der Waals surface area contributed by atoms with Crippen molar-refractivity contribution in [2.24, 2.45) is 4.99 Å². The molecule has 8 nitrogen and oxygen atoms in total. The minimum Gasteiger partial charge on any atom is -0.493 e. The Morgan fingerprint density at radius 3 is 2.58 bits per heavy atom. The maximum atomic E-state index is 12.9. The van der Waals surface area contributed by atoms with Crippen molar-refractivity contribution in [3.05, 3.63) is 42.2 Å². The predicted octanol–water partition coefficient (Wildman–Crippen LogP) is 2.76. The Labute approximate surface area is 180 Å². The number of ether oxygens (including phenoxy) is 2. The highest BCUT2D eigenvalue weighted by atomic mass is 19.3. The molecule has 2 aromatic rings. The van der Waals surface area contributed by atoms with E-state index >= 15 is 0 Å². The third-order valence-corrected chi connectivity index (χ3v) is 4.79. The van der Waals surface area contributed by atoms with Crippen molar-refractivity contribution in [3.63, 3.8) is 0 Å². The predicted molar refractivity (Wildman–Crippen MR) is 115 cm³/mol. The van der Waals surface area contributed by atoms with Crippen LogP contribution in [0.4, 0.5) is 14.7 Å². The molecule has 0 aliphatic carbocycles. The van der Waals surface area contributed by atoms with Crippen LogP contribution in [0, 0.1) is 0 Å². The molecular formula is C21H28F2N6O2. The Kier molecular flexibility index (Phi) is 8.19. The van der Waals surface area contributed by atoms with Crippen LogP contribution in [0.3, 0.4) is 0 Å². The van der Waals surface area contributed by atoms with Gasteiger partial charge in [0.15, 0.2) is 5.96 Å². The molecule has 0 unspecified atom stereocenters. The van der Waals surface area contributed by atoms with Crippen LogP contribution in [-0.4, -0.2) is 67.3 Å². The second kappa shape index (κ2) is 11.3. The lowest BCUT2D eigenvalue weighted by molar-refractivity contribution is -0.0505. The number of benzene rings is 1. The standard InChI is InChI=1S/C21H28F2N6O2/c1-3-13-30-17-6-5-16(18(14-17)31-19(22)23)15-27-20(24-2)28-9-11-29(12-10-28)21-25-7-4-8-26-21/h4-8,14,19H,3,9-13,15H2,1-2H3,(H,24,27). The molecule has 31 heavy (non-hydrogen) atoms. The molecular weight excluding hydrogens is 406 g/mol. The summed E-state index contributed by atoms with van der Waals surface area (Å²) >= 11 is 0. The second-order valence-electron chi connectivity index (χ2n) is 6.92. The molecule has 1 saturated heterocycles. The van der Waals surface area contributed by atoms with Crippen LogP contribution in [-0.2, 0) is 6.54 Å². The van der Waals surface area contributed by atoms with E-state index in [0.29, 0.717) is 36.4 Å². The largest absolute Gasteiger partial charge is 0.493 e. The van der Waals surface area contributed by atoms with Gasteiger partial charge in [0, 0.05) is 63.8 Å². The molecule has 3 rings (SSSR count). The first-order valence-corrected chi connectivity index (χ1v) is 10.3. The summed E-state index contributed by atoms with van der Waals surface area (Å²) in [6, 6.07) is 6.78. The van der Waals surface area contributed by atoms with Gasteiger partial charge in [-0.05, 0) is 24.6 Å². The Morgan fingerprint density at radius 2 is 1.94 bits per heavy atom. The van der Waals surface area contributed by atoms with Crippen molar-refractivity contribution in [2.45, 2.75) is 26.5 Å². The normalized spacial score (nSPS) is 14.7. The summed E-state index contributed by atoms with van der Waals surface area (Å²) in [7, 11) is 1.70. The van der Waals surface area contributed by atoms with E-state index in [2.05, 4.69) is 30.1 Å². The lowest BCUT2D eigenvalue weighted by atomic mass is 10.2. The molecule has 0 saturated carbocycles. The third-order valence-electron chi connectivity index (χ3n) is 4.79. The van der Waals surface area contributed by atoms with Crippen LogP contribution in [0.1, 0.15) is 18.9 Å². The number of anilines is 1. The molecule has 2 heterocycles. The van der Waals surface area contributed by atoms with Crippen LogP contribution in [0.5, 0.6) is 11.5 Å². The smallest absolute Gasteiger partial charge is 0.387 e. The van der Waals surface area contributed by atoms with Gasteiger partial charge in [-0.1, -0.05) is 6.92 Å². The van der Waals surface area contributed by atoms with Crippen LogP contribution in [0.2, 0.25) is 0 Å². The van der Waals surface area contributed by atoms with E-state index in [1.54, 1.807) is 37.6 Å². The molecule has 0 atom stereocenters. The van der Waals surface area contributed by atoms with E-state index in [-0.39, 0.29) is 5.75 Å². The summed E-state index contributed by atoms with van der Waals surface area (Å²) in [5.41, 5.74) is 0.599. The Morgan fingerprint density at radius 1 is 1.19 bits per heavy atom. The molecule has 1 N–H and O–H groups in total. The minimum absolute atomic E-state index is 0.0950. The molecule has 1 aromatic heterocycles. The van der Waals surface area contributed by atoms with Crippen molar-refractivity contribution < 1.29 is 18.3 Å². The summed E-state index contributed by atoms with van der Waals surface area (Å²) in [5.74, 6) is 2.01. The highest BCUT2D eigenvalue weighted by molar-refractivity contribution is 5.80. The van der Waals surface area contributed by atoms with Crippen molar-refractivity contribution in [1.29, 1.82) is 0 Å². The first kappa shape index (κ1) is 22.5. The quantitative estimate of drug-likeness (QED) is 0.506. The zero-order valence-electron chi connectivity index (χ0n) is 17.8. The third kappa shape index (κ3) is 6.40. The summed E-state index contributed by atoms with van der Waals surface area (Å²) in [6.45, 7) is 2.87. The zero-order chi connectivity index (χ0) is 22.1. The lowest BCUT2D eigenvalue weighted by Crippen LogP contribution is -2.52. The van der Waals surface area contributed by atoms with Crippen molar-refractivity contribution in [2.75, 3.05) is 44.7 Å². The van der Waals surface area contributed by atoms with Crippen molar-refractivity contribution in [1.82, 2.24) is 20.2 Å². The molecule has 1 aliphatic rings. The monoisotopic (exact) mass is 434 g/mol. The summed E-state index contributed by atoms with van der Waals surface area (Å²) in [4.78, 5) is 17.2. The fourth-order valence-corrected chi connectivity index (χ4v) is 3.28. The topological polar surface area (TPSA) is 75.1 Å². The number of piperazine rings is 1. The second-order valence-corrected chi connectivity index (χ2v) is 6.92. The average molecular weight is 434 g/mol. The number of rotatable bonds is 8. The van der Waals surface area contributed by atoms with Gasteiger partial charge in [0.1, 0.15) is 11.5 Å². The van der Waals surface area contributed by atoms with E-state index in [0.717, 1.165) is 32.6 Å². The molecule has 0 bridgehead atoms. The van der Waals surface area contributed by atoms with Crippen LogP contribution < -0.4 is 19.7 Å². The summed E-state index contributed by atoms with van der Waals surface area (Å²) < 4.78 is 36.0. The van der Waals surface area contributed by atoms with Crippen LogP contribution in [0.15, 0.2) is 41.7 Å². The van der Waals surface area contributed by atoms with Gasteiger partial charge in [0.05, 0.1) is 6.61 Å². The maximum Gasteiger partial charge on any atom is 0.387 e. The molecule has 0 spiro atoms. The fraction of sp³-hybridized carbons (Fsp3) is 0.476. The van der Waals surface area contributed by atoms with Gasteiger partial charge in [-0.3, -0.25) is 4.99 Å². The first-order valence-electron chi connectivity index (χ1n) is 10.3. The average Bonchev–Trinajstić information content (AvgIpc) is 2.79. The van der Waals surface area contributed by atoms with Gasteiger partial charge in [-0.2, -0.15) is 8.78 Å². The molecule has 168 valence electrons. The van der Waals surface area contributed by atoms with Gasteiger partial charge in [-0.15, -0.1) is 0 Å². The maximum absolute atomic E-state index is 12.9. The van der Waals surface area contributed by atoms with Crippen molar-refractivity contribution >= 4 is 11.9 Å². The number of nitrogens with one attached hydrogen (secondary N) is 1. The van der Waals surface area contributed by atoms with E-state index in [1.165, 1.54) is 6.07 Å². The molecule has 0 radical (unpaired) electrons. The van der Waals surface area contributed by atoms with Gasteiger partial charge in [0.25, 0.3) is 0 Å². The fourth-order valence-electron chi connectivity index (χ4n) is 3.28. The summed E-state index contributed by atoms with van der Waals surface area (Å²) in [5, 5.41) is 3.25. The lowest BCUT2D eigenvalue weighted by Gasteiger charge is -2.36. The number of halogens is 2. The summed E-state index contributed by atoms with van der Waals surface area (Å²) in [6.07, 6.45) is 4.29. The highest BCUT2D eigenvalue weighted by Gasteiger charge is 2.21. The number of aromatic nitrogens is 2. The zero-order valence-corrected chi connectivity index (χ0v) is 17.8.